The standard InChI is InChI=1S/C28H26N6O2/c1-17-26-22(19-13-18-5-2-3-7-23(18)30-15-19)6-4-8-25(26)34(33-17)21-14-24(27(28(29)35)31-16-21)32-20-9-11-36-12-10-20/h2-8,13-16,20,32H,9-12H2,1H3,(H2,29,35). The summed E-state index contributed by atoms with van der Waals surface area (Å²) in [5.74, 6) is -0.566. The van der Waals surface area contributed by atoms with E-state index in [1.807, 2.05) is 54.2 Å². The minimum atomic E-state index is -0.566. The van der Waals surface area contributed by atoms with Crippen LogP contribution in [-0.4, -0.2) is 44.9 Å². The van der Waals surface area contributed by atoms with E-state index in [1.165, 1.54) is 0 Å². The quantitative estimate of drug-likeness (QED) is 0.381. The molecule has 1 aliphatic heterocycles. The Bertz CT molecular complexity index is 1600. The minimum absolute atomic E-state index is 0.192. The highest BCUT2D eigenvalue weighted by Crippen LogP contribution is 2.33. The van der Waals surface area contributed by atoms with Crippen LogP contribution in [0.4, 0.5) is 5.69 Å². The number of fused-ring (bicyclic) bond motifs is 2. The van der Waals surface area contributed by atoms with E-state index in [0.29, 0.717) is 18.9 Å². The first-order valence-electron chi connectivity index (χ1n) is 12.1. The van der Waals surface area contributed by atoms with Gasteiger partial charge in [-0.15, -0.1) is 0 Å². The number of primary amides is 1. The lowest BCUT2D eigenvalue weighted by Crippen LogP contribution is -2.29. The minimum Gasteiger partial charge on any atom is -0.381 e. The molecule has 180 valence electrons. The average Bonchev–Trinajstić information content (AvgIpc) is 3.25. The molecular weight excluding hydrogens is 452 g/mol. The molecule has 1 aliphatic rings. The SMILES string of the molecule is Cc1nn(-c2cnc(C(N)=O)c(NC3CCOCC3)c2)c2cccc(-c3cnc4ccccc4c3)c12. The van der Waals surface area contributed by atoms with E-state index >= 15 is 0 Å². The molecule has 8 heteroatoms. The van der Waals surface area contributed by atoms with Crippen molar-refractivity contribution in [3.05, 3.63) is 78.4 Å². The Morgan fingerprint density at radius 1 is 1.06 bits per heavy atom. The molecule has 2 aromatic carbocycles. The van der Waals surface area contributed by atoms with Crippen LogP contribution in [0, 0.1) is 6.92 Å². The maximum atomic E-state index is 12.1. The third-order valence-electron chi connectivity index (χ3n) is 6.72. The van der Waals surface area contributed by atoms with E-state index in [1.54, 1.807) is 6.20 Å². The lowest BCUT2D eigenvalue weighted by molar-refractivity contribution is 0.0904. The molecule has 6 rings (SSSR count). The number of benzene rings is 2. The number of anilines is 1. The predicted octanol–water partition coefficient (Wildman–Crippen LogP) is 4.63. The van der Waals surface area contributed by atoms with Gasteiger partial charge in [0.1, 0.15) is 0 Å². The Morgan fingerprint density at radius 3 is 2.72 bits per heavy atom. The maximum Gasteiger partial charge on any atom is 0.269 e. The maximum absolute atomic E-state index is 12.1. The highest BCUT2D eigenvalue weighted by molar-refractivity contribution is 5.99. The van der Waals surface area contributed by atoms with E-state index in [-0.39, 0.29) is 11.7 Å². The molecule has 1 fully saturated rings. The molecule has 4 heterocycles. The van der Waals surface area contributed by atoms with E-state index < -0.39 is 5.91 Å². The van der Waals surface area contributed by atoms with Crippen LogP contribution in [0.2, 0.25) is 0 Å². The first-order chi connectivity index (χ1) is 17.6. The molecule has 1 saturated heterocycles. The number of nitrogens with two attached hydrogens (primary N) is 1. The summed E-state index contributed by atoms with van der Waals surface area (Å²) in [6.07, 6.45) is 5.27. The van der Waals surface area contributed by atoms with Gasteiger partial charge in [-0.1, -0.05) is 30.3 Å². The van der Waals surface area contributed by atoms with Crippen LogP contribution in [0.1, 0.15) is 29.0 Å². The molecule has 0 unspecified atom stereocenters. The van der Waals surface area contributed by atoms with Crippen molar-refractivity contribution in [2.45, 2.75) is 25.8 Å². The van der Waals surface area contributed by atoms with Gasteiger partial charge in [-0.2, -0.15) is 5.10 Å². The molecular formula is C28H26N6O2. The molecule has 1 amide bonds. The zero-order valence-corrected chi connectivity index (χ0v) is 19.9. The molecule has 0 bridgehead atoms. The molecule has 0 atom stereocenters. The lowest BCUT2D eigenvalue weighted by Gasteiger charge is -2.25. The summed E-state index contributed by atoms with van der Waals surface area (Å²) in [5.41, 5.74) is 12.1. The van der Waals surface area contributed by atoms with Gasteiger partial charge in [0.05, 0.1) is 34.3 Å². The number of carbonyl (C=O) groups excluding carboxylic acids is 1. The van der Waals surface area contributed by atoms with Crippen LogP contribution in [0.3, 0.4) is 0 Å². The molecule has 0 radical (unpaired) electrons. The van der Waals surface area contributed by atoms with Crippen LogP contribution in [-0.2, 0) is 4.74 Å². The number of nitrogens with zero attached hydrogens (tertiary/aromatic N) is 4. The van der Waals surface area contributed by atoms with Crippen molar-refractivity contribution in [3.8, 4) is 16.8 Å². The fourth-order valence-electron chi connectivity index (χ4n) is 4.94. The summed E-state index contributed by atoms with van der Waals surface area (Å²) in [6, 6.07) is 18.5. The number of amides is 1. The number of nitrogens with one attached hydrogen (secondary N) is 1. The van der Waals surface area contributed by atoms with Gasteiger partial charge in [-0.05, 0) is 49.6 Å². The summed E-state index contributed by atoms with van der Waals surface area (Å²) in [4.78, 5) is 21.2. The van der Waals surface area contributed by atoms with Gasteiger partial charge in [-0.25, -0.2) is 9.67 Å². The fraction of sp³-hybridized carbons (Fsp3) is 0.214. The largest absolute Gasteiger partial charge is 0.381 e. The second-order valence-corrected chi connectivity index (χ2v) is 9.10. The van der Waals surface area contributed by atoms with Crippen LogP contribution in [0.25, 0.3) is 38.6 Å². The van der Waals surface area contributed by atoms with Crippen LogP contribution in [0.15, 0.2) is 67.0 Å². The monoisotopic (exact) mass is 478 g/mol. The van der Waals surface area contributed by atoms with Gasteiger partial charge in [0.2, 0.25) is 0 Å². The molecule has 0 spiro atoms. The topological polar surface area (TPSA) is 108 Å². The predicted molar refractivity (Wildman–Crippen MR) is 140 cm³/mol. The Labute approximate surface area is 208 Å². The summed E-state index contributed by atoms with van der Waals surface area (Å²) in [6.45, 7) is 3.38. The summed E-state index contributed by atoms with van der Waals surface area (Å²) in [7, 11) is 0. The van der Waals surface area contributed by atoms with E-state index in [2.05, 4.69) is 33.5 Å². The van der Waals surface area contributed by atoms with Crippen molar-refractivity contribution in [3.63, 3.8) is 0 Å². The average molecular weight is 479 g/mol. The van der Waals surface area contributed by atoms with Crippen molar-refractivity contribution in [1.82, 2.24) is 19.7 Å². The number of ether oxygens (including phenoxy) is 1. The highest BCUT2D eigenvalue weighted by Gasteiger charge is 2.20. The molecule has 3 N–H and O–H groups in total. The van der Waals surface area contributed by atoms with Gasteiger partial charge < -0.3 is 15.8 Å². The van der Waals surface area contributed by atoms with Crippen molar-refractivity contribution in [2.75, 3.05) is 18.5 Å². The second-order valence-electron chi connectivity index (χ2n) is 9.10. The first kappa shape index (κ1) is 22.2. The smallest absolute Gasteiger partial charge is 0.269 e. The lowest BCUT2D eigenvalue weighted by atomic mass is 10.0. The van der Waals surface area contributed by atoms with Gasteiger partial charge in [-0.3, -0.25) is 9.78 Å². The van der Waals surface area contributed by atoms with Crippen molar-refractivity contribution >= 4 is 33.4 Å². The number of aromatic nitrogens is 4. The number of para-hydroxylation sites is 1. The van der Waals surface area contributed by atoms with Crippen LogP contribution in [0.5, 0.6) is 0 Å². The Morgan fingerprint density at radius 2 is 1.89 bits per heavy atom. The van der Waals surface area contributed by atoms with E-state index in [0.717, 1.165) is 57.2 Å². The molecule has 0 aliphatic carbocycles. The van der Waals surface area contributed by atoms with Crippen molar-refractivity contribution in [2.24, 2.45) is 5.73 Å². The van der Waals surface area contributed by atoms with Gasteiger partial charge in [0.25, 0.3) is 5.91 Å². The zero-order chi connectivity index (χ0) is 24.6. The Balaban J connectivity index is 1.45. The van der Waals surface area contributed by atoms with Crippen LogP contribution >= 0.6 is 0 Å². The molecule has 3 aromatic heterocycles. The number of pyridine rings is 2. The normalized spacial score (nSPS) is 14.4. The van der Waals surface area contributed by atoms with Crippen molar-refractivity contribution in [1.29, 1.82) is 0 Å². The van der Waals surface area contributed by atoms with E-state index in [9.17, 15) is 4.79 Å². The summed E-state index contributed by atoms with van der Waals surface area (Å²) < 4.78 is 7.34. The third kappa shape index (κ3) is 3.95. The van der Waals surface area contributed by atoms with Crippen LogP contribution < -0.4 is 11.1 Å². The number of aryl methyl sites for hydroxylation is 1. The Hall–Kier alpha value is -4.30. The first-order valence-corrected chi connectivity index (χ1v) is 12.1. The summed E-state index contributed by atoms with van der Waals surface area (Å²) in [5, 5.41) is 10.5. The number of rotatable bonds is 5. The third-order valence-corrected chi connectivity index (χ3v) is 6.72. The Kier molecular flexibility index (Phi) is 5.58. The number of carbonyl (C=O) groups is 1. The van der Waals surface area contributed by atoms with E-state index in [4.69, 9.17) is 15.6 Å². The van der Waals surface area contributed by atoms with Gasteiger partial charge >= 0.3 is 0 Å². The molecule has 36 heavy (non-hydrogen) atoms. The van der Waals surface area contributed by atoms with Gasteiger partial charge in [0.15, 0.2) is 5.69 Å². The molecule has 0 saturated carbocycles. The number of hydrogen-bond acceptors (Lipinski definition) is 6. The molecule has 5 aromatic rings. The number of hydrogen-bond donors (Lipinski definition) is 2. The molecule has 8 nitrogen and oxygen atoms in total. The van der Waals surface area contributed by atoms with Gasteiger partial charge in [0, 0.05) is 41.8 Å². The second kappa shape index (κ2) is 9.05. The van der Waals surface area contributed by atoms with Crippen molar-refractivity contribution < 1.29 is 9.53 Å². The zero-order valence-electron chi connectivity index (χ0n) is 19.9. The highest BCUT2D eigenvalue weighted by atomic mass is 16.5. The summed E-state index contributed by atoms with van der Waals surface area (Å²) >= 11 is 0. The fourth-order valence-corrected chi connectivity index (χ4v) is 4.94.